The maximum Gasteiger partial charge on any atom is 0.317 e. The molecule has 3 saturated heterocycles. The number of fused-ring (bicyclic) bond motifs is 1. The van der Waals surface area contributed by atoms with E-state index in [9.17, 15) is 9.59 Å². The molecule has 134 valence electrons. The summed E-state index contributed by atoms with van der Waals surface area (Å²) in [4.78, 5) is 32.2. The van der Waals surface area contributed by atoms with Crippen LogP contribution in [-0.2, 0) is 4.79 Å². The number of hydrogen-bond donors (Lipinski definition) is 1. The van der Waals surface area contributed by atoms with Crippen molar-refractivity contribution in [2.45, 2.75) is 44.6 Å². The van der Waals surface area contributed by atoms with Crippen LogP contribution in [-0.4, -0.2) is 79.0 Å². The Morgan fingerprint density at radius 3 is 2.38 bits per heavy atom. The number of nitrogens with one attached hydrogen (secondary N) is 1. The summed E-state index contributed by atoms with van der Waals surface area (Å²) in [6.45, 7) is 4.82. The fourth-order valence-corrected chi connectivity index (χ4v) is 5.34. The fraction of sp³-hybridized carbons (Fsp3) is 0.889. The van der Waals surface area contributed by atoms with Crippen LogP contribution in [0.2, 0.25) is 0 Å². The molecule has 6 heteroatoms. The Morgan fingerprint density at radius 2 is 1.67 bits per heavy atom. The second kappa shape index (κ2) is 6.21. The van der Waals surface area contributed by atoms with Crippen LogP contribution in [0.4, 0.5) is 4.79 Å². The topological polar surface area (TPSA) is 55.9 Å². The molecule has 4 aliphatic rings. The molecule has 2 atom stereocenters. The van der Waals surface area contributed by atoms with Gasteiger partial charge in [0.15, 0.2) is 0 Å². The van der Waals surface area contributed by atoms with E-state index in [2.05, 4.69) is 17.3 Å². The van der Waals surface area contributed by atoms with Crippen molar-refractivity contribution in [3.05, 3.63) is 0 Å². The first-order valence-electron chi connectivity index (χ1n) is 9.62. The number of hydrogen-bond acceptors (Lipinski definition) is 3. The maximum atomic E-state index is 13.3. The molecule has 0 spiro atoms. The van der Waals surface area contributed by atoms with Gasteiger partial charge in [0.2, 0.25) is 5.91 Å². The summed E-state index contributed by atoms with van der Waals surface area (Å²) in [5.74, 6) is 0.579. The van der Waals surface area contributed by atoms with Gasteiger partial charge in [-0.15, -0.1) is 0 Å². The molecule has 0 radical (unpaired) electrons. The average Bonchev–Trinajstić information content (AvgIpc) is 3.30. The average molecular weight is 334 g/mol. The first-order chi connectivity index (χ1) is 11.6. The van der Waals surface area contributed by atoms with Crippen molar-refractivity contribution in [3.8, 4) is 0 Å². The van der Waals surface area contributed by atoms with E-state index in [1.807, 2.05) is 9.80 Å². The third-order valence-corrected chi connectivity index (χ3v) is 6.57. The summed E-state index contributed by atoms with van der Waals surface area (Å²) >= 11 is 0. The molecule has 0 bridgehead atoms. The summed E-state index contributed by atoms with van der Waals surface area (Å²) in [5.41, 5.74) is -0.369. The smallest absolute Gasteiger partial charge is 0.317 e. The van der Waals surface area contributed by atoms with Gasteiger partial charge in [-0.3, -0.25) is 4.79 Å². The molecule has 4 fully saturated rings. The van der Waals surface area contributed by atoms with Crippen molar-refractivity contribution in [1.82, 2.24) is 20.0 Å². The lowest BCUT2D eigenvalue weighted by atomic mass is 9.79. The van der Waals surface area contributed by atoms with Crippen LogP contribution in [0.15, 0.2) is 0 Å². The molecule has 0 unspecified atom stereocenters. The van der Waals surface area contributed by atoms with Gasteiger partial charge in [-0.05, 0) is 32.7 Å². The summed E-state index contributed by atoms with van der Waals surface area (Å²) in [6, 6.07) is 0.387. The number of nitrogens with zero attached hydrogens (tertiary/aromatic N) is 3. The monoisotopic (exact) mass is 334 g/mol. The van der Waals surface area contributed by atoms with E-state index >= 15 is 0 Å². The first kappa shape index (κ1) is 16.2. The Balaban J connectivity index is 1.47. The lowest BCUT2D eigenvalue weighted by Crippen LogP contribution is -2.50. The van der Waals surface area contributed by atoms with Gasteiger partial charge in [0.25, 0.3) is 0 Å². The molecular weight excluding hydrogens is 304 g/mol. The van der Waals surface area contributed by atoms with Gasteiger partial charge >= 0.3 is 6.03 Å². The zero-order valence-corrected chi connectivity index (χ0v) is 14.8. The largest absolute Gasteiger partial charge is 0.342 e. The maximum absolute atomic E-state index is 13.3. The van der Waals surface area contributed by atoms with E-state index in [0.717, 1.165) is 58.4 Å². The molecule has 0 aromatic heterocycles. The fourth-order valence-electron chi connectivity index (χ4n) is 5.34. The van der Waals surface area contributed by atoms with Crippen LogP contribution in [0.25, 0.3) is 0 Å². The van der Waals surface area contributed by atoms with Crippen LogP contribution >= 0.6 is 0 Å². The van der Waals surface area contributed by atoms with E-state index in [-0.39, 0.29) is 17.4 Å². The lowest BCUT2D eigenvalue weighted by molar-refractivity contribution is -0.141. The summed E-state index contributed by atoms with van der Waals surface area (Å²) < 4.78 is 0. The van der Waals surface area contributed by atoms with E-state index in [0.29, 0.717) is 18.5 Å². The van der Waals surface area contributed by atoms with E-state index in [1.165, 1.54) is 12.8 Å². The molecule has 0 aromatic rings. The Hall–Kier alpha value is -1.30. The van der Waals surface area contributed by atoms with Crippen LogP contribution < -0.4 is 5.32 Å². The number of amides is 3. The third-order valence-electron chi connectivity index (χ3n) is 6.57. The molecule has 3 heterocycles. The van der Waals surface area contributed by atoms with E-state index < -0.39 is 0 Å². The molecule has 3 amide bonds. The van der Waals surface area contributed by atoms with Gasteiger partial charge in [-0.1, -0.05) is 12.8 Å². The van der Waals surface area contributed by atoms with Crippen LogP contribution in [0.1, 0.15) is 38.5 Å². The number of carbonyl (C=O) groups excluding carboxylic acids is 2. The lowest BCUT2D eigenvalue weighted by Gasteiger charge is -2.32. The second-order valence-corrected chi connectivity index (χ2v) is 8.36. The number of urea groups is 1. The number of rotatable bonds is 2. The highest BCUT2D eigenvalue weighted by atomic mass is 16.2. The van der Waals surface area contributed by atoms with Crippen LogP contribution in [0, 0.1) is 11.3 Å². The Kier molecular flexibility index (Phi) is 4.19. The highest BCUT2D eigenvalue weighted by Crippen LogP contribution is 2.44. The molecule has 0 aromatic carbocycles. The first-order valence-corrected chi connectivity index (χ1v) is 9.62. The minimum atomic E-state index is -0.369. The zero-order valence-electron chi connectivity index (χ0n) is 14.8. The highest BCUT2D eigenvalue weighted by Gasteiger charge is 2.58. The van der Waals surface area contributed by atoms with Crippen molar-refractivity contribution >= 4 is 11.9 Å². The van der Waals surface area contributed by atoms with Gasteiger partial charge in [0.05, 0.1) is 5.41 Å². The molecule has 1 N–H and O–H groups in total. The van der Waals surface area contributed by atoms with Gasteiger partial charge in [0, 0.05) is 51.2 Å². The normalized spacial score (nSPS) is 34.1. The minimum Gasteiger partial charge on any atom is -0.342 e. The summed E-state index contributed by atoms with van der Waals surface area (Å²) in [6.07, 6.45) is 6.88. The summed E-state index contributed by atoms with van der Waals surface area (Å²) in [7, 11) is 2.10. The van der Waals surface area contributed by atoms with Crippen molar-refractivity contribution in [3.63, 3.8) is 0 Å². The Labute approximate surface area is 144 Å². The predicted molar refractivity (Wildman–Crippen MR) is 91.6 cm³/mol. The molecule has 1 saturated carbocycles. The minimum absolute atomic E-state index is 0.0487. The molecule has 6 nitrogen and oxygen atoms in total. The highest BCUT2D eigenvalue weighted by molar-refractivity contribution is 5.86. The third kappa shape index (κ3) is 2.68. The standard InChI is InChI=1S/C18H30N4O2/c1-20-10-14-11-22(17(24)19-15-6-2-3-7-15)13-18(14,12-20)16(23)21-8-4-5-9-21/h14-15H,2-13H2,1H3,(H,19,24)/t14-,18-/m0/s1. The molecule has 3 aliphatic heterocycles. The Morgan fingerprint density at radius 1 is 0.958 bits per heavy atom. The quantitative estimate of drug-likeness (QED) is 0.823. The van der Waals surface area contributed by atoms with Crippen LogP contribution in [0.3, 0.4) is 0 Å². The molecular formula is C18H30N4O2. The molecule has 1 aliphatic carbocycles. The van der Waals surface area contributed by atoms with Gasteiger partial charge < -0.3 is 20.0 Å². The SMILES string of the molecule is CN1C[C@H]2CN(C(=O)NC3CCCC3)C[C@@]2(C(=O)N2CCCC2)C1. The Bertz CT molecular complexity index is 513. The second-order valence-electron chi connectivity index (χ2n) is 8.36. The number of likely N-dealkylation sites (tertiary alicyclic amines) is 3. The zero-order chi connectivity index (χ0) is 16.7. The van der Waals surface area contributed by atoms with E-state index in [1.54, 1.807) is 0 Å². The van der Waals surface area contributed by atoms with Crippen molar-refractivity contribution in [1.29, 1.82) is 0 Å². The number of carbonyl (C=O) groups is 2. The summed E-state index contributed by atoms with van der Waals surface area (Å²) in [5, 5.41) is 3.20. The van der Waals surface area contributed by atoms with Gasteiger partial charge in [0.1, 0.15) is 0 Å². The van der Waals surface area contributed by atoms with Crippen molar-refractivity contribution in [2.24, 2.45) is 11.3 Å². The molecule has 24 heavy (non-hydrogen) atoms. The van der Waals surface area contributed by atoms with Crippen molar-refractivity contribution in [2.75, 3.05) is 46.3 Å². The van der Waals surface area contributed by atoms with Gasteiger partial charge in [-0.25, -0.2) is 4.79 Å². The van der Waals surface area contributed by atoms with Crippen LogP contribution in [0.5, 0.6) is 0 Å². The molecule has 4 rings (SSSR count). The predicted octanol–water partition coefficient (Wildman–Crippen LogP) is 1.12. The van der Waals surface area contributed by atoms with Crippen molar-refractivity contribution < 1.29 is 9.59 Å². The van der Waals surface area contributed by atoms with Gasteiger partial charge in [-0.2, -0.15) is 0 Å². The van der Waals surface area contributed by atoms with E-state index in [4.69, 9.17) is 0 Å².